The van der Waals surface area contributed by atoms with E-state index in [0.717, 1.165) is 5.82 Å². The Labute approximate surface area is 125 Å². The summed E-state index contributed by atoms with van der Waals surface area (Å²) in [5.74, 6) is 0.309. The summed E-state index contributed by atoms with van der Waals surface area (Å²) in [6.45, 7) is 3.85. The van der Waals surface area contributed by atoms with Crippen LogP contribution in [0.1, 0.15) is 25.9 Å². The van der Waals surface area contributed by atoms with Crippen LogP contribution in [-0.4, -0.2) is 43.6 Å². The molecule has 2 fully saturated rings. The van der Waals surface area contributed by atoms with E-state index >= 15 is 0 Å². The van der Waals surface area contributed by atoms with Crippen LogP contribution in [0.2, 0.25) is 5.15 Å². The highest BCUT2D eigenvalue weighted by Gasteiger charge is 2.58. The average Bonchev–Trinajstić information content (AvgIpc) is 3.02. The van der Waals surface area contributed by atoms with Gasteiger partial charge in [-0.05, 0) is 13.8 Å². The van der Waals surface area contributed by atoms with E-state index in [2.05, 4.69) is 15.0 Å². The molecule has 2 saturated heterocycles. The average molecular weight is 309 g/mol. The molecule has 0 saturated carbocycles. The fourth-order valence-corrected chi connectivity index (χ4v) is 3.72. The van der Waals surface area contributed by atoms with E-state index in [1.807, 2.05) is 18.4 Å². The molecule has 4 atom stereocenters. The van der Waals surface area contributed by atoms with Crippen molar-refractivity contribution in [3.05, 3.63) is 17.3 Å². The van der Waals surface area contributed by atoms with Crippen LogP contribution in [0.15, 0.2) is 6.33 Å². The number of hydrogen-bond acceptors (Lipinski definition) is 6. The Morgan fingerprint density at radius 2 is 2.10 bits per heavy atom. The first kappa shape index (κ1) is 12.3. The number of hydrogen-bond donors (Lipinski definition) is 0. The molecular weight excluding hydrogens is 296 g/mol. The van der Waals surface area contributed by atoms with Gasteiger partial charge in [0, 0.05) is 6.42 Å². The SMILES string of the molecule is CC1(C)O[C@@H]2[C@H](O1)[C@H]1Cc3nc4c(Cl)ncnc4n3[C@@H]2O1. The molecule has 5 heterocycles. The van der Waals surface area contributed by atoms with Gasteiger partial charge in [-0.15, -0.1) is 0 Å². The van der Waals surface area contributed by atoms with Gasteiger partial charge in [0.25, 0.3) is 0 Å². The van der Waals surface area contributed by atoms with E-state index < -0.39 is 5.79 Å². The Morgan fingerprint density at radius 3 is 2.95 bits per heavy atom. The summed E-state index contributed by atoms with van der Waals surface area (Å²) in [6, 6.07) is 0. The Morgan fingerprint density at radius 1 is 1.29 bits per heavy atom. The molecule has 8 heteroatoms. The van der Waals surface area contributed by atoms with Crippen molar-refractivity contribution in [2.75, 3.05) is 0 Å². The zero-order valence-corrected chi connectivity index (χ0v) is 12.2. The van der Waals surface area contributed by atoms with Gasteiger partial charge in [-0.3, -0.25) is 4.57 Å². The van der Waals surface area contributed by atoms with Gasteiger partial charge in [-0.1, -0.05) is 11.6 Å². The monoisotopic (exact) mass is 308 g/mol. The molecule has 0 radical (unpaired) electrons. The third-order valence-electron chi connectivity index (χ3n) is 4.27. The summed E-state index contributed by atoms with van der Waals surface area (Å²) < 4.78 is 20.0. The maximum absolute atomic E-state index is 6.11. The summed E-state index contributed by atoms with van der Waals surface area (Å²) in [7, 11) is 0. The van der Waals surface area contributed by atoms with Gasteiger partial charge in [0.05, 0.1) is 6.10 Å². The van der Waals surface area contributed by atoms with E-state index in [1.54, 1.807) is 0 Å². The van der Waals surface area contributed by atoms with Crippen LogP contribution in [-0.2, 0) is 20.6 Å². The molecule has 2 aromatic heterocycles. The summed E-state index contributed by atoms with van der Waals surface area (Å²) in [5.41, 5.74) is 1.29. The fourth-order valence-electron chi connectivity index (χ4n) is 3.55. The third-order valence-corrected chi connectivity index (χ3v) is 4.55. The minimum Gasteiger partial charge on any atom is -0.349 e. The predicted molar refractivity (Wildman–Crippen MR) is 71.8 cm³/mol. The normalized spacial score (nSPS) is 36.0. The number of fused-ring (bicyclic) bond motifs is 9. The van der Waals surface area contributed by atoms with Crippen molar-refractivity contribution < 1.29 is 14.2 Å². The predicted octanol–water partition coefficient (Wildman–Crippen LogP) is 1.45. The molecular formula is C13H13ClN4O3. The van der Waals surface area contributed by atoms with Crippen LogP contribution in [0.5, 0.6) is 0 Å². The minimum absolute atomic E-state index is 0.0437. The molecule has 0 amide bonds. The van der Waals surface area contributed by atoms with E-state index in [9.17, 15) is 0 Å². The van der Waals surface area contributed by atoms with Crippen LogP contribution in [0.4, 0.5) is 0 Å². The molecule has 0 aliphatic carbocycles. The van der Waals surface area contributed by atoms with E-state index in [1.165, 1.54) is 6.33 Å². The van der Waals surface area contributed by atoms with Crippen molar-refractivity contribution in [2.24, 2.45) is 0 Å². The zero-order valence-electron chi connectivity index (χ0n) is 11.5. The molecule has 0 aromatic carbocycles. The summed E-state index contributed by atoms with van der Waals surface area (Å²) in [4.78, 5) is 12.9. The second-order valence-corrected chi connectivity index (χ2v) is 6.43. The molecule has 110 valence electrons. The second kappa shape index (κ2) is 3.73. The number of aromatic nitrogens is 4. The molecule has 2 aromatic rings. The fraction of sp³-hybridized carbons (Fsp3) is 0.615. The first-order chi connectivity index (χ1) is 10.0. The number of halogens is 1. The van der Waals surface area contributed by atoms with Gasteiger partial charge in [0.1, 0.15) is 29.9 Å². The molecule has 5 rings (SSSR count). The standard InChI is InChI=1S/C13H13ClN4O3/c1-13(2)20-8-5-3-6-17-7-10(14)15-4-16-11(7)18(6)12(19-5)9(8)21-13/h4-5,8-9,12H,3H2,1-2H3/t5-,8-,9-,12-/m1/s1. The van der Waals surface area contributed by atoms with Gasteiger partial charge < -0.3 is 14.2 Å². The summed E-state index contributed by atoms with van der Waals surface area (Å²) >= 11 is 6.11. The van der Waals surface area contributed by atoms with Gasteiger partial charge >= 0.3 is 0 Å². The van der Waals surface area contributed by atoms with Crippen LogP contribution in [0.25, 0.3) is 11.2 Å². The van der Waals surface area contributed by atoms with Crippen LogP contribution in [0, 0.1) is 0 Å². The van der Waals surface area contributed by atoms with Crippen molar-refractivity contribution >= 4 is 22.8 Å². The maximum atomic E-state index is 6.11. The van der Waals surface area contributed by atoms with Crippen LogP contribution < -0.4 is 0 Å². The summed E-state index contributed by atoms with van der Waals surface area (Å²) in [5, 5.41) is 0.359. The van der Waals surface area contributed by atoms with Crippen molar-refractivity contribution in [2.45, 2.75) is 50.6 Å². The van der Waals surface area contributed by atoms with Gasteiger partial charge in [-0.2, -0.15) is 0 Å². The first-order valence-electron chi connectivity index (χ1n) is 6.92. The Hall–Kier alpha value is -1.28. The van der Waals surface area contributed by atoms with E-state index in [-0.39, 0.29) is 24.5 Å². The maximum Gasteiger partial charge on any atom is 0.167 e. The van der Waals surface area contributed by atoms with Crippen LogP contribution in [0.3, 0.4) is 0 Å². The van der Waals surface area contributed by atoms with E-state index in [4.69, 9.17) is 25.8 Å². The van der Waals surface area contributed by atoms with Crippen molar-refractivity contribution in [3.63, 3.8) is 0 Å². The second-order valence-electron chi connectivity index (χ2n) is 6.07. The van der Waals surface area contributed by atoms with Gasteiger partial charge in [-0.25, -0.2) is 15.0 Å². The van der Waals surface area contributed by atoms with Gasteiger partial charge in [0.15, 0.2) is 22.8 Å². The third kappa shape index (κ3) is 1.52. The molecule has 2 bridgehead atoms. The first-order valence-corrected chi connectivity index (χ1v) is 7.30. The summed E-state index contributed by atoms with van der Waals surface area (Å²) in [6.07, 6.45) is 1.55. The van der Waals surface area contributed by atoms with Gasteiger partial charge in [0.2, 0.25) is 0 Å². The number of nitrogens with zero attached hydrogens (tertiary/aromatic N) is 4. The lowest BCUT2D eigenvalue weighted by Crippen LogP contribution is -2.33. The molecule has 0 N–H and O–H groups in total. The molecule has 0 spiro atoms. The van der Waals surface area contributed by atoms with Crippen LogP contribution >= 0.6 is 11.6 Å². The Kier molecular flexibility index (Phi) is 2.18. The highest BCUT2D eigenvalue weighted by atomic mass is 35.5. The van der Waals surface area contributed by atoms with Crippen molar-refractivity contribution in [1.29, 1.82) is 0 Å². The Bertz CT molecular complexity index is 761. The Balaban J connectivity index is 1.69. The molecule has 21 heavy (non-hydrogen) atoms. The highest BCUT2D eigenvalue weighted by Crippen LogP contribution is 2.47. The number of rotatable bonds is 0. The van der Waals surface area contributed by atoms with Crippen molar-refractivity contribution in [3.8, 4) is 0 Å². The topological polar surface area (TPSA) is 71.3 Å². The molecule has 0 unspecified atom stereocenters. The zero-order chi connectivity index (χ0) is 14.4. The lowest BCUT2D eigenvalue weighted by Gasteiger charge is -2.28. The van der Waals surface area contributed by atoms with E-state index in [0.29, 0.717) is 22.7 Å². The molecule has 7 nitrogen and oxygen atoms in total. The lowest BCUT2D eigenvalue weighted by atomic mass is 10.1. The largest absolute Gasteiger partial charge is 0.349 e. The lowest BCUT2D eigenvalue weighted by molar-refractivity contribution is -0.201. The molecule has 3 aliphatic rings. The number of ether oxygens (including phenoxy) is 3. The smallest absolute Gasteiger partial charge is 0.167 e. The quantitative estimate of drug-likeness (QED) is 0.686. The highest BCUT2D eigenvalue weighted by molar-refractivity contribution is 6.33. The minimum atomic E-state index is -0.587. The van der Waals surface area contributed by atoms with Crippen molar-refractivity contribution in [1.82, 2.24) is 19.5 Å². The molecule has 3 aliphatic heterocycles. The number of imidazole rings is 1.